The van der Waals surface area contributed by atoms with E-state index in [2.05, 4.69) is 25.5 Å². The molecule has 1 amide bonds. The van der Waals surface area contributed by atoms with Crippen molar-refractivity contribution in [3.63, 3.8) is 0 Å². The van der Waals surface area contributed by atoms with Crippen molar-refractivity contribution in [2.45, 2.75) is 83.4 Å². The fourth-order valence-corrected chi connectivity index (χ4v) is 4.55. The van der Waals surface area contributed by atoms with Crippen LogP contribution >= 0.6 is 0 Å². The van der Waals surface area contributed by atoms with Gasteiger partial charge in [-0.25, -0.2) is 14.8 Å². The predicted molar refractivity (Wildman–Crippen MR) is 110 cm³/mol. The molecule has 154 valence electrons. The van der Waals surface area contributed by atoms with Crippen molar-refractivity contribution in [2.75, 3.05) is 23.3 Å². The second kappa shape index (κ2) is 7.41. The highest BCUT2D eigenvalue weighted by Gasteiger charge is 2.48. The number of hydrogen-bond acceptors (Lipinski definition) is 6. The Morgan fingerprint density at radius 1 is 1.11 bits per heavy atom. The van der Waals surface area contributed by atoms with Gasteiger partial charge in [0.1, 0.15) is 5.60 Å². The first-order chi connectivity index (χ1) is 13.3. The van der Waals surface area contributed by atoms with Crippen LogP contribution in [0.2, 0.25) is 0 Å². The van der Waals surface area contributed by atoms with E-state index in [-0.39, 0.29) is 12.1 Å². The maximum absolute atomic E-state index is 11.9. The van der Waals surface area contributed by atoms with Crippen LogP contribution in [0.3, 0.4) is 0 Å². The molecule has 1 saturated heterocycles. The van der Waals surface area contributed by atoms with Gasteiger partial charge in [-0.05, 0) is 59.3 Å². The minimum atomic E-state index is -0.455. The van der Waals surface area contributed by atoms with Gasteiger partial charge in [0, 0.05) is 30.6 Å². The molecule has 4 rings (SSSR count). The number of anilines is 2. The smallest absolute Gasteiger partial charge is 0.407 e. The lowest BCUT2D eigenvalue weighted by atomic mass is 9.64. The van der Waals surface area contributed by atoms with Crippen LogP contribution in [-0.2, 0) is 4.74 Å². The zero-order valence-electron chi connectivity index (χ0n) is 17.3. The molecule has 7 heteroatoms. The molecule has 0 radical (unpaired) electrons. The third-order valence-electron chi connectivity index (χ3n) is 6.21. The Morgan fingerprint density at radius 2 is 1.71 bits per heavy atom. The van der Waals surface area contributed by atoms with E-state index >= 15 is 0 Å². The molecule has 1 spiro atoms. The third-order valence-corrected chi connectivity index (χ3v) is 6.21. The number of amides is 1. The van der Waals surface area contributed by atoms with Gasteiger partial charge in [0.05, 0.1) is 18.1 Å². The van der Waals surface area contributed by atoms with Crippen LogP contribution in [0.1, 0.15) is 65.7 Å². The van der Waals surface area contributed by atoms with E-state index < -0.39 is 5.60 Å². The van der Waals surface area contributed by atoms with Crippen molar-refractivity contribution < 1.29 is 9.53 Å². The fourth-order valence-electron chi connectivity index (χ4n) is 4.55. The van der Waals surface area contributed by atoms with E-state index in [4.69, 9.17) is 4.74 Å². The molecular formula is C21H33N5O2. The quantitative estimate of drug-likeness (QED) is 0.820. The lowest BCUT2D eigenvalue weighted by molar-refractivity contribution is 0.0492. The average Bonchev–Trinajstić information content (AvgIpc) is 2.54. The Morgan fingerprint density at radius 3 is 2.25 bits per heavy atom. The molecule has 2 saturated carbocycles. The topological polar surface area (TPSA) is 79.4 Å². The summed E-state index contributed by atoms with van der Waals surface area (Å²) in [6, 6.07) is 0.588. The second-order valence-corrected chi connectivity index (χ2v) is 9.82. The van der Waals surface area contributed by atoms with E-state index in [0.29, 0.717) is 11.5 Å². The molecule has 2 N–H and O–H groups in total. The highest BCUT2D eigenvalue weighted by molar-refractivity contribution is 5.68. The van der Waals surface area contributed by atoms with Crippen molar-refractivity contribution in [3.8, 4) is 0 Å². The number of alkyl carbamates (subject to hydrolysis) is 1. The highest BCUT2D eigenvalue weighted by Crippen LogP contribution is 2.48. The number of carbonyl (C=O) groups is 1. The Balaban J connectivity index is 1.19. The Bertz CT molecular complexity index is 680. The lowest BCUT2D eigenvalue weighted by Gasteiger charge is -2.55. The summed E-state index contributed by atoms with van der Waals surface area (Å²) in [6.07, 6.45) is 11.5. The normalized spacial score (nSPS) is 26.2. The summed E-state index contributed by atoms with van der Waals surface area (Å²) < 4.78 is 5.34. The van der Waals surface area contributed by atoms with Crippen LogP contribution in [0.5, 0.6) is 0 Å². The Labute approximate surface area is 167 Å². The van der Waals surface area contributed by atoms with Gasteiger partial charge in [0.25, 0.3) is 0 Å². The van der Waals surface area contributed by atoms with Crippen molar-refractivity contribution >= 4 is 17.7 Å². The standard InChI is InChI=1S/C21H33N5O2/c1-20(2,3)28-19(27)25-16-7-5-15(6-8-16)24-17-11-22-18(23-12-17)26-13-21(14-26)9-4-10-21/h11-12,15-16,24H,4-10,13-14H2,1-3H3,(H,25,27). The minimum absolute atomic E-state index is 0.191. The summed E-state index contributed by atoms with van der Waals surface area (Å²) in [5, 5.41) is 6.54. The van der Waals surface area contributed by atoms with Gasteiger partial charge < -0.3 is 20.3 Å². The van der Waals surface area contributed by atoms with E-state index in [1.165, 1.54) is 19.3 Å². The molecule has 3 aliphatic rings. The van der Waals surface area contributed by atoms with Gasteiger partial charge in [-0.2, -0.15) is 0 Å². The van der Waals surface area contributed by atoms with Gasteiger partial charge >= 0.3 is 6.09 Å². The van der Waals surface area contributed by atoms with Gasteiger partial charge in [0.15, 0.2) is 0 Å². The third kappa shape index (κ3) is 4.50. The SMILES string of the molecule is CC(C)(C)OC(=O)NC1CCC(Nc2cnc(N3CC4(CCC4)C3)nc2)CC1. The number of aromatic nitrogens is 2. The van der Waals surface area contributed by atoms with Gasteiger partial charge in [-0.15, -0.1) is 0 Å². The zero-order chi connectivity index (χ0) is 19.8. The zero-order valence-corrected chi connectivity index (χ0v) is 17.3. The average molecular weight is 388 g/mol. The maximum atomic E-state index is 11.9. The number of nitrogens with zero attached hydrogens (tertiary/aromatic N) is 3. The lowest BCUT2D eigenvalue weighted by Crippen LogP contribution is -2.60. The molecule has 1 aromatic rings. The predicted octanol–water partition coefficient (Wildman–Crippen LogP) is 3.71. The maximum Gasteiger partial charge on any atom is 0.407 e. The number of hydrogen-bond donors (Lipinski definition) is 2. The summed E-state index contributed by atoms with van der Waals surface area (Å²) in [5.41, 5.74) is 1.11. The number of rotatable bonds is 4. The van der Waals surface area contributed by atoms with Crippen LogP contribution in [0, 0.1) is 5.41 Å². The molecule has 28 heavy (non-hydrogen) atoms. The number of carbonyl (C=O) groups excluding carboxylic acids is 1. The minimum Gasteiger partial charge on any atom is -0.444 e. The van der Waals surface area contributed by atoms with E-state index in [9.17, 15) is 4.79 Å². The fraction of sp³-hybridized carbons (Fsp3) is 0.762. The van der Waals surface area contributed by atoms with Gasteiger partial charge in [-0.1, -0.05) is 6.42 Å². The summed E-state index contributed by atoms with van der Waals surface area (Å²) in [4.78, 5) is 23.3. The van der Waals surface area contributed by atoms with Crippen molar-refractivity contribution in [2.24, 2.45) is 5.41 Å². The Kier molecular flexibility index (Phi) is 5.10. The molecule has 0 bridgehead atoms. The molecule has 3 fully saturated rings. The first-order valence-electron chi connectivity index (χ1n) is 10.6. The number of nitrogens with one attached hydrogen (secondary N) is 2. The Hall–Kier alpha value is -2.05. The second-order valence-electron chi connectivity index (χ2n) is 9.82. The number of ether oxygens (including phenoxy) is 1. The molecule has 0 aromatic carbocycles. The van der Waals surface area contributed by atoms with Crippen molar-refractivity contribution in [1.82, 2.24) is 15.3 Å². The largest absolute Gasteiger partial charge is 0.444 e. The molecule has 2 aliphatic carbocycles. The summed E-state index contributed by atoms with van der Waals surface area (Å²) in [5.74, 6) is 0.855. The van der Waals surface area contributed by atoms with Crippen LogP contribution in [-0.4, -0.2) is 46.8 Å². The molecule has 0 unspecified atom stereocenters. The van der Waals surface area contributed by atoms with Crippen LogP contribution < -0.4 is 15.5 Å². The summed E-state index contributed by atoms with van der Waals surface area (Å²) in [6.45, 7) is 7.89. The first kappa shape index (κ1) is 19.3. The van der Waals surface area contributed by atoms with Crippen LogP contribution in [0.25, 0.3) is 0 Å². The van der Waals surface area contributed by atoms with Crippen molar-refractivity contribution in [1.29, 1.82) is 0 Å². The van der Waals surface area contributed by atoms with E-state index in [1.807, 2.05) is 33.2 Å². The molecule has 2 heterocycles. The van der Waals surface area contributed by atoms with Crippen molar-refractivity contribution in [3.05, 3.63) is 12.4 Å². The summed E-state index contributed by atoms with van der Waals surface area (Å²) >= 11 is 0. The molecular weight excluding hydrogens is 354 g/mol. The summed E-state index contributed by atoms with van der Waals surface area (Å²) in [7, 11) is 0. The molecule has 1 aromatic heterocycles. The molecule has 1 aliphatic heterocycles. The van der Waals surface area contributed by atoms with Crippen LogP contribution in [0.4, 0.5) is 16.4 Å². The van der Waals surface area contributed by atoms with E-state index in [1.54, 1.807) is 0 Å². The van der Waals surface area contributed by atoms with Crippen LogP contribution in [0.15, 0.2) is 12.4 Å². The molecule has 7 nitrogen and oxygen atoms in total. The van der Waals surface area contributed by atoms with Gasteiger partial charge in [-0.3, -0.25) is 0 Å². The molecule has 0 atom stereocenters. The van der Waals surface area contributed by atoms with E-state index in [0.717, 1.165) is 50.4 Å². The monoisotopic (exact) mass is 387 g/mol. The van der Waals surface area contributed by atoms with Gasteiger partial charge in [0.2, 0.25) is 5.95 Å². The highest BCUT2D eigenvalue weighted by atomic mass is 16.6. The first-order valence-corrected chi connectivity index (χ1v) is 10.6.